The number of methoxy groups -OCH3 is 1. The number of nitrogens with zero attached hydrogens (tertiary/aromatic N) is 1. The van der Waals surface area contributed by atoms with E-state index in [1.807, 2.05) is 0 Å². The molecule has 0 saturated heterocycles. The third-order valence-electron chi connectivity index (χ3n) is 2.12. The molecule has 0 aromatic heterocycles. The predicted molar refractivity (Wildman–Crippen MR) is 57.2 cm³/mol. The van der Waals surface area contributed by atoms with Gasteiger partial charge in [0, 0.05) is 0 Å². The van der Waals surface area contributed by atoms with Gasteiger partial charge < -0.3 is 4.74 Å². The van der Waals surface area contributed by atoms with E-state index in [-0.39, 0.29) is 5.56 Å². The van der Waals surface area contributed by atoms with E-state index in [4.69, 9.17) is 11.6 Å². The molecular formula is C10H7ClF3NO3. The van der Waals surface area contributed by atoms with Crippen molar-refractivity contribution >= 4 is 17.6 Å². The molecule has 0 saturated carbocycles. The second kappa shape index (κ2) is 5.34. The highest BCUT2D eigenvalue weighted by atomic mass is 35.5. The number of hydrogen-bond donors (Lipinski definition) is 0. The van der Waals surface area contributed by atoms with Gasteiger partial charge in [0.2, 0.25) is 0 Å². The maximum Gasteiger partial charge on any atom is 0.417 e. The summed E-state index contributed by atoms with van der Waals surface area (Å²) in [6, 6.07) is 2.61. The van der Waals surface area contributed by atoms with Crippen molar-refractivity contribution in [3.8, 4) is 0 Å². The van der Waals surface area contributed by atoms with Crippen molar-refractivity contribution in [2.75, 3.05) is 7.11 Å². The van der Waals surface area contributed by atoms with E-state index in [1.165, 1.54) is 0 Å². The van der Waals surface area contributed by atoms with Gasteiger partial charge in [0.1, 0.15) is 0 Å². The SMILES string of the molecule is COC(=O)c1ccc(C(Cl)N=O)cc1C(F)(F)F. The van der Waals surface area contributed by atoms with Gasteiger partial charge in [-0.05, 0) is 22.9 Å². The average molecular weight is 282 g/mol. The maximum absolute atomic E-state index is 12.7. The summed E-state index contributed by atoms with van der Waals surface area (Å²) in [6.07, 6.45) is -4.76. The highest BCUT2D eigenvalue weighted by Gasteiger charge is 2.36. The zero-order valence-electron chi connectivity index (χ0n) is 8.99. The van der Waals surface area contributed by atoms with Crippen LogP contribution in [0.4, 0.5) is 13.2 Å². The molecule has 1 atom stereocenters. The van der Waals surface area contributed by atoms with E-state index in [2.05, 4.69) is 9.91 Å². The van der Waals surface area contributed by atoms with Gasteiger partial charge in [-0.3, -0.25) is 0 Å². The minimum atomic E-state index is -4.76. The van der Waals surface area contributed by atoms with Crippen LogP contribution < -0.4 is 0 Å². The Morgan fingerprint density at radius 3 is 2.50 bits per heavy atom. The largest absolute Gasteiger partial charge is 0.465 e. The number of hydrogen-bond acceptors (Lipinski definition) is 4. The third-order valence-corrected chi connectivity index (χ3v) is 2.45. The Morgan fingerprint density at radius 2 is 2.06 bits per heavy atom. The molecule has 1 aromatic rings. The standard InChI is InChI=1S/C10H7ClF3NO3/c1-18-9(16)6-3-2-5(8(11)15-17)4-7(6)10(12,13)14/h2-4,8H,1H3. The Labute approximate surface area is 105 Å². The van der Waals surface area contributed by atoms with Crippen LogP contribution in [0, 0.1) is 4.91 Å². The quantitative estimate of drug-likeness (QED) is 0.369. The van der Waals surface area contributed by atoms with E-state index < -0.39 is 28.8 Å². The smallest absolute Gasteiger partial charge is 0.417 e. The molecule has 0 aliphatic heterocycles. The van der Waals surface area contributed by atoms with Crippen LogP contribution in [0.15, 0.2) is 23.4 Å². The molecule has 1 aromatic carbocycles. The van der Waals surface area contributed by atoms with Crippen molar-refractivity contribution < 1.29 is 22.7 Å². The number of alkyl halides is 4. The minimum Gasteiger partial charge on any atom is -0.465 e. The lowest BCUT2D eigenvalue weighted by atomic mass is 10.0. The van der Waals surface area contributed by atoms with Crippen molar-refractivity contribution in [3.63, 3.8) is 0 Å². The molecule has 0 aliphatic carbocycles. The number of rotatable bonds is 3. The first-order chi connectivity index (χ1) is 8.31. The third kappa shape index (κ3) is 2.98. The van der Waals surface area contributed by atoms with Crippen LogP contribution in [0.1, 0.15) is 27.0 Å². The van der Waals surface area contributed by atoms with Crippen molar-refractivity contribution in [2.45, 2.75) is 11.7 Å². The minimum absolute atomic E-state index is 0.147. The highest BCUT2D eigenvalue weighted by molar-refractivity contribution is 6.20. The molecule has 8 heteroatoms. The fourth-order valence-corrected chi connectivity index (χ4v) is 1.43. The summed E-state index contributed by atoms with van der Waals surface area (Å²) in [7, 11) is 0.966. The van der Waals surface area contributed by atoms with Gasteiger partial charge in [-0.1, -0.05) is 17.7 Å². The average Bonchev–Trinajstić information content (AvgIpc) is 2.35. The second-order valence-corrected chi connectivity index (χ2v) is 3.65. The fraction of sp³-hybridized carbons (Fsp3) is 0.300. The summed E-state index contributed by atoms with van der Waals surface area (Å²) >= 11 is 5.42. The van der Waals surface area contributed by atoms with E-state index in [0.717, 1.165) is 19.2 Å². The Kier molecular flexibility index (Phi) is 4.28. The lowest BCUT2D eigenvalue weighted by Crippen LogP contribution is -2.14. The number of esters is 1. The molecule has 0 aliphatic rings. The summed E-state index contributed by atoms with van der Waals surface area (Å²) in [6.45, 7) is 0. The number of carbonyl (C=O) groups is 1. The number of nitroso groups, excluding NO2 is 1. The lowest BCUT2D eigenvalue weighted by molar-refractivity contribution is -0.138. The molecule has 0 bridgehead atoms. The first-order valence-electron chi connectivity index (χ1n) is 4.57. The number of halogens is 4. The summed E-state index contributed by atoms with van der Waals surface area (Å²) in [4.78, 5) is 21.4. The fourth-order valence-electron chi connectivity index (χ4n) is 1.29. The normalized spacial score (nSPS) is 12.9. The van der Waals surface area contributed by atoms with Crippen molar-refractivity contribution in [1.82, 2.24) is 0 Å². The Hall–Kier alpha value is -1.63. The molecule has 0 N–H and O–H groups in total. The second-order valence-electron chi connectivity index (χ2n) is 3.24. The van der Waals surface area contributed by atoms with Gasteiger partial charge in [0.25, 0.3) is 0 Å². The molecule has 0 amide bonds. The van der Waals surface area contributed by atoms with Gasteiger partial charge in [-0.15, -0.1) is 4.91 Å². The zero-order chi connectivity index (χ0) is 13.9. The Bertz CT molecular complexity index is 476. The molecule has 0 radical (unpaired) electrons. The molecule has 18 heavy (non-hydrogen) atoms. The van der Waals surface area contributed by atoms with Crippen LogP contribution in [-0.2, 0) is 10.9 Å². The van der Waals surface area contributed by atoms with Crippen molar-refractivity contribution in [3.05, 3.63) is 39.8 Å². The van der Waals surface area contributed by atoms with Crippen LogP contribution in [0.25, 0.3) is 0 Å². The Morgan fingerprint density at radius 1 is 1.44 bits per heavy atom. The Balaban J connectivity index is 3.39. The first-order valence-corrected chi connectivity index (χ1v) is 5.01. The van der Waals surface area contributed by atoms with E-state index in [0.29, 0.717) is 6.07 Å². The molecule has 98 valence electrons. The predicted octanol–water partition coefficient (Wildman–Crippen LogP) is 3.50. The van der Waals surface area contributed by atoms with Gasteiger partial charge in [0.05, 0.1) is 18.2 Å². The van der Waals surface area contributed by atoms with Crippen LogP contribution in [-0.4, -0.2) is 13.1 Å². The maximum atomic E-state index is 12.7. The van der Waals surface area contributed by atoms with Crippen LogP contribution in [0.2, 0.25) is 0 Å². The van der Waals surface area contributed by atoms with Gasteiger partial charge in [0.15, 0.2) is 5.50 Å². The lowest BCUT2D eigenvalue weighted by Gasteiger charge is -2.13. The number of ether oxygens (including phenoxy) is 1. The van der Waals surface area contributed by atoms with E-state index in [9.17, 15) is 22.9 Å². The molecular weight excluding hydrogens is 275 g/mol. The number of benzene rings is 1. The first kappa shape index (κ1) is 14.4. The molecule has 0 fully saturated rings. The van der Waals surface area contributed by atoms with Crippen molar-refractivity contribution in [1.29, 1.82) is 0 Å². The summed E-state index contributed by atoms with van der Waals surface area (Å²) in [5.41, 5.74) is -3.46. The highest BCUT2D eigenvalue weighted by Crippen LogP contribution is 2.35. The van der Waals surface area contributed by atoms with E-state index >= 15 is 0 Å². The topological polar surface area (TPSA) is 55.7 Å². The molecule has 1 unspecified atom stereocenters. The van der Waals surface area contributed by atoms with Crippen LogP contribution in [0.5, 0.6) is 0 Å². The van der Waals surface area contributed by atoms with Crippen molar-refractivity contribution in [2.24, 2.45) is 5.18 Å². The zero-order valence-corrected chi connectivity index (χ0v) is 9.75. The summed E-state index contributed by atoms with van der Waals surface area (Å²) in [5, 5.41) is 2.41. The van der Waals surface area contributed by atoms with Crippen LogP contribution >= 0.6 is 11.6 Å². The monoisotopic (exact) mass is 281 g/mol. The summed E-state index contributed by atoms with van der Waals surface area (Å²) < 4.78 is 42.4. The molecule has 0 heterocycles. The van der Waals surface area contributed by atoms with E-state index in [1.54, 1.807) is 0 Å². The number of carbonyl (C=O) groups excluding carboxylic acids is 1. The summed E-state index contributed by atoms with van der Waals surface area (Å²) in [5.74, 6) is -1.13. The molecule has 4 nitrogen and oxygen atoms in total. The van der Waals surface area contributed by atoms with Gasteiger partial charge >= 0.3 is 12.1 Å². The molecule has 1 rings (SSSR count). The van der Waals surface area contributed by atoms with Crippen LogP contribution in [0.3, 0.4) is 0 Å². The molecule has 0 spiro atoms. The van der Waals surface area contributed by atoms with Gasteiger partial charge in [-0.2, -0.15) is 13.2 Å². The van der Waals surface area contributed by atoms with Gasteiger partial charge in [-0.25, -0.2) is 4.79 Å².